The number of benzene rings is 3. The standard InChI is InChI=1S/C29H34N2O4/c1-3-33-25-10-8-22(9-11-25)29(23-5-4-6-26(18-23)32-2)31-15-13-24(14-16-31)30-19-21-7-12-27-28(17-21)35-20-34-27/h4-12,17-18,24,29-30H,3,13-16,19-20H2,1-2H3. The second-order valence-corrected chi connectivity index (χ2v) is 9.06. The summed E-state index contributed by atoms with van der Waals surface area (Å²) in [6.45, 7) is 5.87. The normalized spacial score (nSPS) is 16.7. The van der Waals surface area contributed by atoms with Crippen molar-refractivity contribution in [2.75, 3.05) is 33.6 Å². The van der Waals surface area contributed by atoms with Crippen molar-refractivity contribution in [3.8, 4) is 23.0 Å². The van der Waals surface area contributed by atoms with Crippen molar-refractivity contribution in [1.82, 2.24) is 10.2 Å². The third kappa shape index (κ3) is 5.55. The van der Waals surface area contributed by atoms with Gasteiger partial charge in [0.25, 0.3) is 0 Å². The van der Waals surface area contributed by atoms with Gasteiger partial charge in [0.15, 0.2) is 11.5 Å². The van der Waals surface area contributed by atoms with E-state index >= 15 is 0 Å². The molecule has 2 aliphatic rings. The molecule has 6 nitrogen and oxygen atoms in total. The maximum absolute atomic E-state index is 5.67. The van der Waals surface area contributed by atoms with Crippen molar-refractivity contribution in [3.63, 3.8) is 0 Å². The summed E-state index contributed by atoms with van der Waals surface area (Å²) in [5.41, 5.74) is 3.74. The molecule has 1 fully saturated rings. The molecule has 0 radical (unpaired) electrons. The van der Waals surface area contributed by atoms with E-state index in [-0.39, 0.29) is 6.04 Å². The molecule has 1 N–H and O–H groups in total. The largest absolute Gasteiger partial charge is 0.497 e. The zero-order chi connectivity index (χ0) is 24.0. The number of rotatable bonds is 9. The molecule has 3 aromatic rings. The SMILES string of the molecule is CCOc1ccc(C(c2cccc(OC)c2)N2CCC(NCc3ccc4c(c3)OCO4)CC2)cc1. The number of hydrogen-bond donors (Lipinski definition) is 1. The maximum Gasteiger partial charge on any atom is 0.231 e. The average Bonchev–Trinajstić information content (AvgIpc) is 3.38. The fraction of sp³-hybridized carbons (Fsp3) is 0.379. The van der Waals surface area contributed by atoms with E-state index in [4.69, 9.17) is 18.9 Å². The van der Waals surface area contributed by atoms with Gasteiger partial charge < -0.3 is 24.3 Å². The van der Waals surface area contributed by atoms with Crippen molar-refractivity contribution >= 4 is 0 Å². The Hall–Kier alpha value is -3.22. The van der Waals surface area contributed by atoms with Gasteiger partial charge in [-0.25, -0.2) is 0 Å². The highest BCUT2D eigenvalue weighted by Crippen LogP contribution is 2.35. The summed E-state index contributed by atoms with van der Waals surface area (Å²) < 4.78 is 22.2. The number of methoxy groups -OCH3 is 1. The Balaban J connectivity index is 1.26. The minimum atomic E-state index is 0.176. The lowest BCUT2D eigenvalue weighted by Crippen LogP contribution is -2.43. The van der Waals surface area contributed by atoms with Gasteiger partial charge in [0.1, 0.15) is 11.5 Å². The molecule has 35 heavy (non-hydrogen) atoms. The van der Waals surface area contributed by atoms with Crippen LogP contribution in [0.25, 0.3) is 0 Å². The maximum atomic E-state index is 5.67. The fourth-order valence-electron chi connectivity index (χ4n) is 5.01. The first-order valence-electron chi connectivity index (χ1n) is 12.5. The Kier molecular flexibility index (Phi) is 7.40. The molecule has 5 rings (SSSR count). The van der Waals surface area contributed by atoms with Gasteiger partial charge in [-0.05, 0) is 72.9 Å². The third-order valence-electron chi connectivity index (χ3n) is 6.84. The predicted molar refractivity (Wildman–Crippen MR) is 136 cm³/mol. The van der Waals surface area contributed by atoms with E-state index in [1.54, 1.807) is 7.11 Å². The highest BCUT2D eigenvalue weighted by atomic mass is 16.7. The number of piperidine rings is 1. The van der Waals surface area contributed by atoms with Crippen LogP contribution in [0.1, 0.15) is 42.5 Å². The van der Waals surface area contributed by atoms with Crippen LogP contribution in [0.5, 0.6) is 23.0 Å². The molecule has 0 saturated carbocycles. The molecule has 3 aromatic carbocycles. The number of nitrogens with one attached hydrogen (secondary N) is 1. The first-order valence-corrected chi connectivity index (χ1v) is 12.5. The highest BCUT2D eigenvalue weighted by Gasteiger charge is 2.28. The number of fused-ring (bicyclic) bond motifs is 1. The summed E-state index contributed by atoms with van der Waals surface area (Å²) in [6, 6.07) is 23.8. The van der Waals surface area contributed by atoms with Crippen LogP contribution >= 0.6 is 0 Å². The highest BCUT2D eigenvalue weighted by molar-refractivity contribution is 5.44. The number of hydrogen-bond acceptors (Lipinski definition) is 6. The van der Waals surface area contributed by atoms with Gasteiger partial charge in [-0.2, -0.15) is 0 Å². The molecule has 0 aliphatic carbocycles. The Morgan fingerprint density at radius 3 is 2.49 bits per heavy atom. The fourth-order valence-corrected chi connectivity index (χ4v) is 5.01. The Bertz CT molecular complexity index is 1110. The van der Waals surface area contributed by atoms with Gasteiger partial charge in [-0.3, -0.25) is 4.90 Å². The monoisotopic (exact) mass is 474 g/mol. The summed E-state index contributed by atoms with van der Waals surface area (Å²) >= 11 is 0. The van der Waals surface area contributed by atoms with E-state index in [2.05, 4.69) is 64.8 Å². The summed E-state index contributed by atoms with van der Waals surface area (Å²) in [5.74, 6) is 3.47. The Morgan fingerprint density at radius 1 is 0.914 bits per heavy atom. The topological polar surface area (TPSA) is 52.2 Å². The van der Waals surface area contributed by atoms with Gasteiger partial charge in [-0.15, -0.1) is 0 Å². The Labute approximate surface area is 207 Å². The van der Waals surface area contributed by atoms with E-state index in [9.17, 15) is 0 Å². The van der Waals surface area contributed by atoms with Crippen LogP contribution in [0, 0.1) is 0 Å². The number of ether oxygens (including phenoxy) is 4. The molecule has 1 saturated heterocycles. The molecule has 6 heteroatoms. The van der Waals surface area contributed by atoms with Gasteiger partial charge >= 0.3 is 0 Å². The first kappa shape index (κ1) is 23.5. The Morgan fingerprint density at radius 2 is 1.71 bits per heavy atom. The van der Waals surface area contributed by atoms with Crippen molar-refractivity contribution in [2.24, 2.45) is 0 Å². The lowest BCUT2D eigenvalue weighted by Gasteiger charge is -2.38. The van der Waals surface area contributed by atoms with Crippen LogP contribution in [0.15, 0.2) is 66.7 Å². The molecule has 0 spiro atoms. The molecule has 0 aromatic heterocycles. The summed E-state index contributed by atoms with van der Waals surface area (Å²) in [5, 5.41) is 3.75. The molecule has 2 heterocycles. The predicted octanol–water partition coefficient (Wildman–Crippen LogP) is 5.17. The lowest BCUT2D eigenvalue weighted by molar-refractivity contribution is 0.162. The zero-order valence-electron chi connectivity index (χ0n) is 20.5. The first-order chi connectivity index (χ1) is 17.2. The molecule has 1 unspecified atom stereocenters. The van der Waals surface area contributed by atoms with E-state index in [1.165, 1.54) is 16.7 Å². The second-order valence-electron chi connectivity index (χ2n) is 9.06. The summed E-state index contributed by atoms with van der Waals surface area (Å²) in [6.07, 6.45) is 2.20. The molecule has 1 atom stereocenters. The van der Waals surface area contributed by atoms with Crippen LogP contribution in [0.4, 0.5) is 0 Å². The van der Waals surface area contributed by atoms with Crippen molar-refractivity contribution in [2.45, 2.75) is 38.4 Å². The zero-order valence-corrected chi connectivity index (χ0v) is 20.5. The molecular weight excluding hydrogens is 440 g/mol. The summed E-state index contributed by atoms with van der Waals surface area (Å²) in [4.78, 5) is 2.59. The smallest absolute Gasteiger partial charge is 0.231 e. The van der Waals surface area contributed by atoms with Gasteiger partial charge in [-0.1, -0.05) is 30.3 Å². The number of nitrogens with zero attached hydrogens (tertiary/aromatic N) is 1. The third-order valence-corrected chi connectivity index (χ3v) is 6.84. The number of likely N-dealkylation sites (tertiary alicyclic amines) is 1. The van der Waals surface area contributed by atoms with Gasteiger partial charge in [0, 0.05) is 25.7 Å². The molecule has 0 amide bonds. The van der Waals surface area contributed by atoms with Crippen LogP contribution in [-0.2, 0) is 6.54 Å². The second kappa shape index (κ2) is 11.0. The lowest BCUT2D eigenvalue weighted by atomic mass is 9.93. The van der Waals surface area contributed by atoms with Crippen LogP contribution in [0.3, 0.4) is 0 Å². The van der Waals surface area contributed by atoms with Crippen LogP contribution in [-0.4, -0.2) is 44.5 Å². The molecule has 2 aliphatic heterocycles. The average molecular weight is 475 g/mol. The van der Waals surface area contributed by atoms with Crippen molar-refractivity contribution < 1.29 is 18.9 Å². The van der Waals surface area contributed by atoms with Crippen molar-refractivity contribution in [3.05, 3.63) is 83.4 Å². The summed E-state index contributed by atoms with van der Waals surface area (Å²) in [7, 11) is 1.72. The van der Waals surface area contributed by atoms with E-state index in [0.717, 1.165) is 55.5 Å². The van der Waals surface area contributed by atoms with Crippen molar-refractivity contribution in [1.29, 1.82) is 0 Å². The molecule has 0 bridgehead atoms. The molecular formula is C29H34N2O4. The van der Waals surface area contributed by atoms with E-state index in [1.807, 2.05) is 19.1 Å². The minimum Gasteiger partial charge on any atom is -0.497 e. The van der Waals surface area contributed by atoms with E-state index < -0.39 is 0 Å². The van der Waals surface area contributed by atoms with Crippen LogP contribution in [0.2, 0.25) is 0 Å². The quantitative estimate of drug-likeness (QED) is 0.462. The molecule has 184 valence electrons. The van der Waals surface area contributed by atoms with Gasteiger partial charge in [0.05, 0.1) is 19.8 Å². The minimum absolute atomic E-state index is 0.176. The van der Waals surface area contributed by atoms with Gasteiger partial charge in [0.2, 0.25) is 6.79 Å². The van der Waals surface area contributed by atoms with Crippen LogP contribution < -0.4 is 24.3 Å². The van der Waals surface area contributed by atoms with E-state index in [0.29, 0.717) is 19.4 Å².